The van der Waals surface area contributed by atoms with Crippen LogP contribution in [0.5, 0.6) is 11.5 Å². The van der Waals surface area contributed by atoms with Gasteiger partial charge in [0.05, 0.1) is 13.2 Å². The van der Waals surface area contributed by atoms with E-state index in [1.54, 1.807) is 6.07 Å². The number of hydrogen-bond acceptors (Lipinski definition) is 10. The van der Waals surface area contributed by atoms with Gasteiger partial charge in [0.25, 0.3) is 0 Å². The molecule has 12 heteroatoms. The number of rotatable bonds is 22. The second-order valence-corrected chi connectivity index (χ2v) is 10.6. The number of esters is 2. The Labute approximate surface area is 260 Å². The molecular formula is C32H48N2O10. The van der Waals surface area contributed by atoms with Gasteiger partial charge in [0.1, 0.15) is 26.4 Å². The van der Waals surface area contributed by atoms with Crippen molar-refractivity contribution in [3.8, 4) is 11.5 Å². The van der Waals surface area contributed by atoms with Crippen molar-refractivity contribution in [3.05, 3.63) is 49.1 Å². The summed E-state index contributed by atoms with van der Waals surface area (Å²) in [5.41, 5.74) is 0.907. The lowest BCUT2D eigenvalue weighted by atomic mass is 9.87. The lowest BCUT2D eigenvalue weighted by molar-refractivity contribution is -0.138. The fraction of sp³-hybridized carbons (Fsp3) is 0.562. The number of alkyl carbamates (subject to hydrolysis) is 2. The minimum Gasteiger partial charge on any atom is -0.486 e. The Balaban J connectivity index is 2.34. The van der Waals surface area contributed by atoms with Crippen LogP contribution in [0.1, 0.15) is 64.9 Å². The summed E-state index contributed by atoms with van der Waals surface area (Å²) in [6.07, 6.45) is 5.56. The Morgan fingerprint density at radius 2 is 1.11 bits per heavy atom. The normalized spacial score (nSPS) is 10.6. The minimum atomic E-state index is -0.546. The third-order valence-corrected chi connectivity index (χ3v) is 5.96. The van der Waals surface area contributed by atoms with Gasteiger partial charge in [-0.05, 0) is 61.6 Å². The molecule has 0 aromatic heterocycles. The topological polar surface area (TPSA) is 148 Å². The molecule has 0 unspecified atom stereocenters. The van der Waals surface area contributed by atoms with Crippen molar-refractivity contribution in [1.29, 1.82) is 0 Å². The first kappa shape index (κ1) is 37.8. The molecule has 2 amide bonds. The molecule has 0 saturated heterocycles. The summed E-state index contributed by atoms with van der Waals surface area (Å²) < 4.78 is 31.8. The molecule has 0 atom stereocenters. The van der Waals surface area contributed by atoms with E-state index in [1.807, 2.05) is 12.1 Å². The minimum absolute atomic E-state index is 0.0335. The standard InChI is InChI=1S/C32H48N2O10/c1-6-28(35)41-18-12-8-10-16-33-30(37)43-22-20-39-26-15-14-25(32(3,4)5)24-27(26)40-21-23-44-31(38)34-17-11-9-13-19-42-29(36)7-2/h6-7,14-15,24H,1-2,8-13,16-23H2,3-5H3,(H,33,37)(H,34,38). The number of benzene rings is 1. The van der Waals surface area contributed by atoms with Gasteiger partial charge in [0.15, 0.2) is 11.5 Å². The van der Waals surface area contributed by atoms with Gasteiger partial charge in [-0.1, -0.05) is 40.0 Å². The molecule has 0 heterocycles. The van der Waals surface area contributed by atoms with Crippen LogP contribution in [0, 0.1) is 0 Å². The molecule has 1 aromatic carbocycles. The van der Waals surface area contributed by atoms with Gasteiger partial charge in [0, 0.05) is 25.2 Å². The monoisotopic (exact) mass is 620 g/mol. The molecular weight excluding hydrogens is 572 g/mol. The first-order valence-corrected chi connectivity index (χ1v) is 14.9. The molecule has 0 radical (unpaired) electrons. The van der Waals surface area contributed by atoms with E-state index < -0.39 is 24.1 Å². The van der Waals surface area contributed by atoms with Crippen LogP contribution in [0.25, 0.3) is 0 Å². The molecule has 1 aromatic rings. The molecule has 246 valence electrons. The summed E-state index contributed by atoms with van der Waals surface area (Å²) in [5, 5.41) is 5.34. The summed E-state index contributed by atoms with van der Waals surface area (Å²) in [6, 6.07) is 5.63. The summed E-state index contributed by atoms with van der Waals surface area (Å²) >= 11 is 0. The smallest absolute Gasteiger partial charge is 0.407 e. The number of carbonyl (C=O) groups is 4. The predicted molar refractivity (Wildman–Crippen MR) is 165 cm³/mol. The molecule has 0 bridgehead atoms. The van der Waals surface area contributed by atoms with E-state index in [0.717, 1.165) is 43.4 Å². The molecule has 0 aliphatic rings. The predicted octanol–water partition coefficient (Wildman–Crippen LogP) is 4.99. The third-order valence-electron chi connectivity index (χ3n) is 5.96. The molecule has 0 spiro atoms. The van der Waals surface area contributed by atoms with Crippen molar-refractivity contribution < 1.29 is 47.6 Å². The number of nitrogens with one attached hydrogen (secondary N) is 2. The Hall–Kier alpha value is -4.22. The largest absolute Gasteiger partial charge is 0.486 e. The zero-order valence-corrected chi connectivity index (χ0v) is 26.3. The van der Waals surface area contributed by atoms with E-state index >= 15 is 0 Å². The van der Waals surface area contributed by atoms with Gasteiger partial charge in [0.2, 0.25) is 0 Å². The number of unbranched alkanes of at least 4 members (excludes halogenated alkanes) is 4. The Kier molecular flexibility index (Phi) is 19.2. The first-order valence-electron chi connectivity index (χ1n) is 14.9. The van der Waals surface area contributed by atoms with Gasteiger partial charge in [-0.25, -0.2) is 19.2 Å². The second kappa shape index (κ2) is 22.3. The number of amides is 2. The average molecular weight is 621 g/mol. The number of hydrogen-bond donors (Lipinski definition) is 2. The zero-order chi connectivity index (χ0) is 32.6. The van der Waals surface area contributed by atoms with Crippen LogP contribution < -0.4 is 20.1 Å². The van der Waals surface area contributed by atoms with Crippen LogP contribution in [0.2, 0.25) is 0 Å². The van der Waals surface area contributed by atoms with Gasteiger partial charge in [-0.3, -0.25) is 0 Å². The first-order chi connectivity index (χ1) is 21.1. The van der Waals surface area contributed by atoms with Crippen molar-refractivity contribution >= 4 is 24.1 Å². The lowest BCUT2D eigenvalue weighted by Crippen LogP contribution is -2.27. The van der Waals surface area contributed by atoms with Crippen molar-refractivity contribution in [2.45, 2.75) is 64.7 Å². The van der Waals surface area contributed by atoms with Crippen LogP contribution in [0.4, 0.5) is 9.59 Å². The maximum atomic E-state index is 12.0. The highest BCUT2D eigenvalue weighted by Crippen LogP contribution is 2.33. The SMILES string of the molecule is C=CC(=O)OCCCCCNC(=O)OCCOc1ccc(C(C)(C)C)cc1OCCOC(=O)NCCCCCOC(=O)C=C. The van der Waals surface area contributed by atoms with Gasteiger partial charge < -0.3 is 39.1 Å². The third kappa shape index (κ3) is 18.3. The van der Waals surface area contributed by atoms with E-state index in [1.165, 1.54) is 0 Å². The molecule has 0 saturated carbocycles. The maximum Gasteiger partial charge on any atom is 0.407 e. The van der Waals surface area contributed by atoms with Gasteiger partial charge >= 0.3 is 24.1 Å². The highest BCUT2D eigenvalue weighted by atomic mass is 16.6. The number of carbonyl (C=O) groups excluding carboxylic acids is 4. The van der Waals surface area contributed by atoms with E-state index in [2.05, 4.69) is 44.6 Å². The van der Waals surface area contributed by atoms with E-state index in [4.69, 9.17) is 28.4 Å². The van der Waals surface area contributed by atoms with Crippen LogP contribution in [-0.2, 0) is 34.0 Å². The van der Waals surface area contributed by atoms with Crippen LogP contribution in [0.3, 0.4) is 0 Å². The number of ether oxygens (including phenoxy) is 6. The van der Waals surface area contributed by atoms with Gasteiger partial charge in [-0.2, -0.15) is 0 Å². The fourth-order valence-corrected chi connectivity index (χ4v) is 3.53. The summed E-state index contributed by atoms with van der Waals surface area (Å²) in [7, 11) is 0. The summed E-state index contributed by atoms with van der Waals surface area (Å²) in [4.78, 5) is 45.8. The molecule has 12 nitrogen and oxygen atoms in total. The fourth-order valence-electron chi connectivity index (χ4n) is 3.53. The highest BCUT2D eigenvalue weighted by Gasteiger charge is 2.17. The van der Waals surface area contributed by atoms with Gasteiger partial charge in [-0.15, -0.1) is 0 Å². The Bertz CT molecular complexity index is 1050. The van der Waals surface area contributed by atoms with E-state index in [0.29, 0.717) is 50.6 Å². The molecule has 0 aliphatic heterocycles. The average Bonchev–Trinajstić information content (AvgIpc) is 2.99. The second-order valence-electron chi connectivity index (χ2n) is 10.6. The van der Waals surface area contributed by atoms with Crippen LogP contribution in [-0.4, -0.2) is 76.9 Å². The van der Waals surface area contributed by atoms with Crippen molar-refractivity contribution in [3.63, 3.8) is 0 Å². The Morgan fingerprint density at radius 1 is 0.636 bits per heavy atom. The highest BCUT2D eigenvalue weighted by molar-refractivity contribution is 5.81. The summed E-state index contributed by atoms with van der Waals surface area (Å²) in [6.45, 7) is 14.7. The van der Waals surface area contributed by atoms with Crippen LogP contribution in [0.15, 0.2) is 43.5 Å². The van der Waals surface area contributed by atoms with Crippen molar-refractivity contribution in [2.24, 2.45) is 0 Å². The molecule has 0 fully saturated rings. The van der Waals surface area contributed by atoms with Crippen molar-refractivity contribution in [1.82, 2.24) is 10.6 Å². The summed E-state index contributed by atoms with van der Waals surface area (Å²) in [5.74, 6) is 0.0706. The maximum absolute atomic E-state index is 12.0. The van der Waals surface area contributed by atoms with E-state index in [9.17, 15) is 19.2 Å². The molecule has 2 N–H and O–H groups in total. The quantitative estimate of drug-likeness (QED) is 0.0786. The molecule has 1 rings (SSSR count). The lowest BCUT2D eigenvalue weighted by Gasteiger charge is -2.21. The van der Waals surface area contributed by atoms with E-state index in [-0.39, 0.29) is 31.8 Å². The Morgan fingerprint density at radius 3 is 1.57 bits per heavy atom. The van der Waals surface area contributed by atoms with Crippen LogP contribution >= 0.6 is 0 Å². The van der Waals surface area contributed by atoms with Crippen molar-refractivity contribution in [2.75, 3.05) is 52.7 Å². The zero-order valence-electron chi connectivity index (χ0n) is 26.3. The molecule has 0 aliphatic carbocycles. The molecule has 44 heavy (non-hydrogen) atoms.